The molecule has 0 amide bonds. The lowest BCUT2D eigenvalue weighted by Crippen LogP contribution is -2.45. The Kier molecular flexibility index (Phi) is 3.15. The van der Waals surface area contributed by atoms with E-state index in [2.05, 4.69) is 38.3 Å². The van der Waals surface area contributed by atoms with Gasteiger partial charge in [0, 0.05) is 11.3 Å². The molecule has 2 rings (SSSR count). The Bertz CT molecular complexity index is 342. The van der Waals surface area contributed by atoms with Gasteiger partial charge in [-0.05, 0) is 42.0 Å². The first kappa shape index (κ1) is 12.1. The molecule has 1 aromatic rings. The third-order valence-corrected chi connectivity index (χ3v) is 4.95. The van der Waals surface area contributed by atoms with Crippen molar-refractivity contribution in [1.29, 1.82) is 0 Å². The first-order valence-electron chi connectivity index (χ1n) is 6.16. The fourth-order valence-electron chi connectivity index (χ4n) is 2.90. The van der Waals surface area contributed by atoms with Crippen molar-refractivity contribution in [3.8, 4) is 0 Å². The van der Waals surface area contributed by atoms with Crippen LogP contribution in [0.4, 0.5) is 0 Å². The molecule has 1 aliphatic carbocycles. The van der Waals surface area contributed by atoms with Gasteiger partial charge in [0.25, 0.3) is 0 Å². The van der Waals surface area contributed by atoms with Crippen molar-refractivity contribution in [2.24, 2.45) is 11.3 Å². The zero-order chi connectivity index (χ0) is 11.8. The maximum Gasteiger partial charge on any atom is 0.0721 e. The Morgan fingerprint density at radius 2 is 2.19 bits per heavy atom. The summed E-state index contributed by atoms with van der Waals surface area (Å²) >= 11 is 1.76. The second kappa shape index (κ2) is 4.15. The third-order valence-electron chi connectivity index (χ3n) is 4.07. The maximum absolute atomic E-state index is 10.8. The number of hydrogen-bond donors (Lipinski definition) is 1. The quantitative estimate of drug-likeness (QED) is 0.829. The molecule has 16 heavy (non-hydrogen) atoms. The van der Waals surface area contributed by atoms with Crippen LogP contribution in [0.25, 0.3) is 0 Å². The van der Waals surface area contributed by atoms with Crippen molar-refractivity contribution in [2.75, 3.05) is 0 Å². The molecule has 0 aromatic carbocycles. The minimum absolute atomic E-state index is 0.401. The Balaban J connectivity index is 2.08. The topological polar surface area (TPSA) is 20.2 Å². The molecule has 2 unspecified atom stereocenters. The summed E-state index contributed by atoms with van der Waals surface area (Å²) in [6.45, 7) is 6.83. The second-order valence-corrected chi connectivity index (χ2v) is 7.16. The monoisotopic (exact) mass is 238 g/mol. The summed E-state index contributed by atoms with van der Waals surface area (Å²) in [5, 5.41) is 12.8. The normalized spacial score (nSPS) is 33.9. The van der Waals surface area contributed by atoms with E-state index < -0.39 is 5.60 Å². The van der Waals surface area contributed by atoms with E-state index in [1.807, 2.05) is 0 Å². The molecule has 1 heterocycles. The second-order valence-electron chi connectivity index (χ2n) is 6.13. The highest BCUT2D eigenvalue weighted by Crippen LogP contribution is 2.45. The van der Waals surface area contributed by atoms with Crippen LogP contribution in [-0.2, 0) is 6.42 Å². The largest absolute Gasteiger partial charge is 0.389 e. The average molecular weight is 238 g/mol. The first-order chi connectivity index (χ1) is 7.41. The number of aliphatic hydroxyl groups is 1. The highest BCUT2D eigenvalue weighted by atomic mass is 32.1. The van der Waals surface area contributed by atoms with E-state index in [1.165, 1.54) is 4.88 Å². The van der Waals surface area contributed by atoms with Gasteiger partial charge in [-0.15, -0.1) is 11.3 Å². The van der Waals surface area contributed by atoms with E-state index >= 15 is 0 Å². The predicted molar refractivity (Wildman–Crippen MR) is 69.8 cm³/mol. The van der Waals surface area contributed by atoms with Gasteiger partial charge in [-0.2, -0.15) is 0 Å². The molecule has 2 heteroatoms. The van der Waals surface area contributed by atoms with Crippen LogP contribution in [0.1, 0.15) is 44.9 Å². The molecule has 0 radical (unpaired) electrons. The third kappa shape index (κ3) is 2.49. The molecule has 0 saturated heterocycles. The van der Waals surface area contributed by atoms with E-state index in [0.29, 0.717) is 11.3 Å². The Hall–Kier alpha value is -0.340. The van der Waals surface area contributed by atoms with E-state index in [1.54, 1.807) is 11.3 Å². The molecule has 1 nitrogen and oxygen atoms in total. The van der Waals surface area contributed by atoms with E-state index in [0.717, 1.165) is 25.7 Å². The van der Waals surface area contributed by atoms with E-state index in [9.17, 15) is 5.11 Å². The van der Waals surface area contributed by atoms with Crippen LogP contribution in [0.3, 0.4) is 0 Å². The van der Waals surface area contributed by atoms with Gasteiger partial charge in [0.15, 0.2) is 0 Å². The molecule has 1 saturated carbocycles. The average Bonchev–Trinajstić information content (AvgIpc) is 2.65. The SMILES string of the molecule is CC1CC(C)(C)CCC1(O)Cc1cccs1. The molecule has 1 N–H and O–H groups in total. The van der Waals surface area contributed by atoms with Crippen molar-refractivity contribution in [1.82, 2.24) is 0 Å². The zero-order valence-electron chi connectivity index (χ0n) is 10.5. The van der Waals surface area contributed by atoms with Crippen molar-refractivity contribution in [3.63, 3.8) is 0 Å². The first-order valence-corrected chi connectivity index (χ1v) is 7.04. The smallest absolute Gasteiger partial charge is 0.0721 e. The predicted octanol–water partition coefficient (Wildman–Crippen LogP) is 3.87. The van der Waals surface area contributed by atoms with Gasteiger partial charge in [-0.25, -0.2) is 0 Å². The zero-order valence-corrected chi connectivity index (χ0v) is 11.3. The van der Waals surface area contributed by atoms with Crippen molar-refractivity contribution >= 4 is 11.3 Å². The van der Waals surface area contributed by atoms with E-state index in [4.69, 9.17) is 0 Å². The lowest BCUT2D eigenvalue weighted by atomic mass is 9.64. The standard InChI is InChI=1S/C14H22OS/c1-11-9-13(2,3)6-7-14(11,15)10-12-5-4-8-16-12/h4-5,8,11,15H,6-7,9-10H2,1-3H3. The van der Waals surface area contributed by atoms with Gasteiger partial charge in [0.1, 0.15) is 0 Å². The van der Waals surface area contributed by atoms with Crippen LogP contribution in [0.5, 0.6) is 0 Å². The molecule has 1 fully saturated rings. The molecule has 0 aliphatic heterocycles. The van der Waals surface area contributed by atoms with Gasteiger partial charge in [-0.1, -0.05) is 26.8 Å². The van der Waals surface area contributed by atoms with Gasteiger partial charge in [-0.3, -0.25) is 0 Å². The fourth-order valence-corrected chi connectivity index (χ4v) is 3.72. The van der Waals surface area contributed by atoms with Crippen LogP contribution < -0.4 is 0 Å². The van der Waals surface area contributed by atoms with Gasteiger partial charge in [0.2, 0.25) is 0 Å². The molecule has 1 aliphatic rings. The van der Waals surface area contributed by atoms with Crippen LogP contribution in [-0.4, -0.2) is 10.7 Å². The van der Waals surface area contributed by atoms with Gasteiger partial charge in [0.05, 0.1) is 5.60 Å². The summed E-state index contributed by atoms with van der Waals surface area (Å²) in [4.78, 5) is 1.31. The Morgan fingerprint density at radius 3 is 2.75 bits per heavy atom. The van der Waals surface area contributed by atoms with Crippen LogP contribution in [0.15, 0.2) is 17.5 Å². The molecule has 2 atom stereocenters. The van der Waals surface area contributed by atoms with Crippen LogP contribution in [0.2, 0.25) is 0 Å². The highest BCUT2D eigenvalue weighted by molar-refractivity contribution is 7.09. The molecule has 0 bridgehead atoms. The van der Waals surface area contributed by atoms with Gasteiger partial charge < -0.3 is 5.11 Å². The summed E-state index contributed by atoms with van der Waals surface area (Å²) < 4.78 is 0. The number of hydrogen-bond acceptors (Lipinski definition) is 2. The molecule has 0 spiro atoms. The summed E-state index contributed by atoms with van der Waals surface area (Å²) in [6.07, 6.45) is 4.05. The lowest BCUT2D eigenvalue weighted by Gasteiger charge is -2.45. The molecule has 90 valence electrons. The van der Waals surface area contributed by atoms with Gasteiger partial charge >= 0.3 is 0 Å². The van der Waals surface area contributed by atoms with Crippen LogP contribution >= 0.6 is 11.3 Å². The fraction of sp³-hybridized carbons (Fsp3) is 0.714. The summed E-state index contributed by atoms with van der Waals surface area (Å²) in [5.41, 5.74) is -0.0680. The van der Waals surface area contributed by atoms with Crippen molar-refractivity contribution in [3.05, 3.63) is 22.4 Å². The number of thiophene rings is 1. The van der Waals surface area contributed by atoms with Crippen LogP contribution in [0, 0.1) is 11.3 Å². The Labute approximate surface area is 103 Å². The highest BCUT2D eigenvalue weighted by Gasteiger charge is 2.42. The molecule has 1 aromatic heterocycles. The minimum atomic E-state index is -0.472. The summed E-state index contributed by atoms with van der Waals surface area (Å²) in [6, 6.07) is 4.20. The molecular weight excluding hydrogens is 216 g/mol. The Morgan fingerprint density at radius 1 is 1.44 bits per heavy atom. The van der Waals surface area contributed by atoms with Crippen molar-refractivity contribution < 1.29 is 5.11 Å². The summed E-state index contributed by atoms with van der Waals surface area (Å²) in [7, 11) is 0. The lowest BCUT2D eigenvalue weighted by molar-refractivity contribution is -0.0699. The maximum atomic E-state index is 10.8. The van der Waals surface area contributed by atoms with E-state index in [-0.39, 0.29) is 0 Å². The minimum Gasteiger partial charge on any atom is -0.389 e. The number of rotatable bonds is 2. The summed E-state index contributed by atoms with van der Waals surface area (Å²) in [5.74, 6) is 0.401. The van der Waals surface area contributed by atoms with Crippen molar-refractivity contribution in [2.45, 2.75) is 52.1 Å². The molecular formula is C14H22OS.